The Morgan fingerprint density at radius 1 is 0.976 bits per heavy atom. The van der Waals surface area contributed by atoms with Gasteiger partial charge < -0.3 is 25.2 Å². The number of carboxylic acid groups (broad SMARTS) is 1. The molecule has 11 nitrogen and oxygen atoms in total. The van der Waals surface area contributed by atoms with Crippen LogP contribution in [0.5, 0.6) is 5.88 Å². The number of carbonyl (C=O) groups is 4. The van der Waals surface area contributed by atoms with Gasteiger partial charge in [0.05, 0.1) is 12.1 Å². The van der Waals surface area contributed by atoms with Gasteiger partial charge in [0, 0.05) is 6.07 Å². The van der Waals surface area contributed by atoms with Crippen LogP contribution in [0.2, 0.25) is 0 Å². The van der Waals surface area contributed by atoms with Gasteiger partial charge in [-0.25, -0.2) is 9.48 Å². The fraction of sp³-hybridized carbons (Fsp3) is 0.321. The van der Waals surface area contributed by atoms with E-state index in [-0.39, 0.29) is 12.3 Å². The van der Waals surface area contributed by atoms with E-state index in [2.05, 4.69) is 15.7 Å². The molecule has 2 amide bonds. The van der Waals surface area contributed by atoms with Gasteiger partial charge in [-0.1, -0.05) is 62.4 Å². The molecule has 1 aromatic heterocycles. The molecule has 0 aliphatic heterocycles. The summed E-state index contributed by atoms with van der Waals surface area (Å²) in [5, 5.41) is 17.5. The lowest BCUT2D eigenvalue weighted by Crippen LogP contribution is -2.54. The Hall–Kier alpha value is -4.88. The number of hydrogen-bond donors (Lipinski definition) is 3. The number of rotatable bonds is 13. The quantitative estimate of drug-likeness (QED) is 0.273. The molecule has 3 rings (SSSR count). The molecule has 14 heteroatoms. The van der Waals surface area contributed by atoms with Crippen molar-refractivity contribution in [3.63, 3.8) is 0 Å². The van der Waals surface area contributed by atoms with Crippen molar-refractivity contribution in [2.75, 3.05) is 6.61 Å². The number of carboxylic acids is 1. The number of ether oxygens (including phenoxy) is 2. The fourth-order valence-corrected chi connectivity index (χ4v) is 3.71. The van der Waals surface area contributed by atoms with E-state index in [1.165, 1.54) is 12.1 Å². The predicted molar refractivity (Wildman–Crippen MR) is 142 cm³/mol. The number of hydrogen-bond acceptors (Lipinski definition) is 7. The van der Waals surface area contributed by atoms with Gasteiger partial charge in [-0.3, -0.25) is 14.4 Å². The fourth-order valence-electron chi connectivity index (χ4n) is 3.71. The average Bonchev–Trinajstić information content (AvgIpc) is 3.39. The molecule has 0 aliphatic carbocycles. The van der Waals surface area contributed by atoms with Crippen LogP contribution in [0, 0.1) is 5.92 Å². The normalized spacial score (nSPS) is 12.7. The van der Waals surface area contributed by atoms with Crippen molar-refractivity contribution in [1.82, 2.24) is 20.4 Å². The number of alkyl halides is 3. The molecule has 42 heavy (non-hydrogen) atoms. The van der Waals surface area contributed by atoms with Crippen LogP contribution >= 0.6 is 0 Å². The number of Topliss-reactive ketones (excluding diaryl/α,β-unsaturated/α-hetero) is 1. The van der Waals surface area contributed by atoms with Crippen molar-refractivity contribution in [3.8, 4) is 11.6 Å². The SMILES string of the molecule is CC(C)[C@@H](NC(=O)OCc1ccccc1)C(=O)N[C@@H](CC(=O)O)C(=O)COc1cc(C(F)(F)F)nn1-c1ccccc1. The van der Waals surface area contributed by atoms with Crippen LogP contribution in [0.25, 0.3) is 5.69 Å². The summed E-state index contributed by atoms with van der Waals surface area (Å²) in [7, 11) is 0. The van der Waals surface area contributed by atoms with Crippen molar-refractivity contribution < 1.29 is 46.9 Å². The number of carbonyl (C=O) groups excluding carboxylic acids is 3. The Morgan fingerprint density at radius 3 is 2.17 bits per heavy atom. The summed E-state index contributed by atoms with van der Waals surface area (Å²) in [6.07, 6.45) is -6.56. The number of halogens is 3. The number of amides is 2. The van der Waals surface area contributed by atoms with Crippen LogP contribution < -0.4 is 15.4 Å². The Labute approximate surface area is 238 Å². The second-order valence-electron chi connectivity index (χ2n) is 9.45. The van der Waals surface area contributed by atoms with E-state index in [9.17, 15) is 37.5 Å². The Morgan fingerprint density at radius 2 is 1.60 bits per heavy atom. The zero-order chi connectivity index (χ0) is 30.9. The van der Waals surface area contributed by atoms with Gasteiger partial charge in [0.2, 0.25) is 11.8 Å². The number of nitrogens with one attached hydrogen (secondary N) is 2. The molecule has 0 bridgehead atoms. The summed E-state index contributed by atoms with van der Waals surface area (Å²) in [5.41, 5.74) is -0.341. The Kier molecular flexibility index (Phi) is 10.7. The summed E-state index contributed by atoms with van der Waals surface area (Å²) in [5.74, 6) is -4.15. The van der Waals surface area contributed by atoms with E-state index < -0.39 is 72.5 Å². The number of ketones is 1. The first-order valence-electron chi connectivity index (χ1n) is 12.7. The molecule has 0 saturated heterocycles. The molecule has 3 N–H and O–H groups in total. The van der Waals surface area contributed by atoms with E-state index in [4.69, 9.17) is 9.47 Å². The van der Waals surface area contributed by atoms with Gasteiger partial charge >= 0.3 is 18.2 Å². The second kappa shape index (κ2) is 14.1. The highest BCUT2D eigenvalue weighted by molar-refractivity contribution is 5.95. The van der Waals surface area contributed by atoms with Gasteiger partial charge in [-0.2, -0.15) is 18.3 Å². The predicted octanol–water partition coefficient (Wildman–Crippen LogP) is 3.75. The summed E-state index contributed by atoms with van der Waals surface area (Å²) in [6.45, 7) is 2.28. The molecule has 224 valence electrons. The van der Waals surface area contributed by atoms with E-state index in [0.717, 1.165) is 4.68 Å². The monoisotopic (exact) mass is 590 g/mol. The lowest BCUT2D eigenvalue weighted by molar-refractivity contribution is -0.142. The van der Waals surface area contributed by atoms with Gasteiger partial charge in [0.25, 0.3) is 0 Å². The highest BCUT2D eigenvalue weighted by Gasteiger charge is 2.36. The van der Waals surface area contributed by atoms with E-state index in [1.54, 1.807) is 62.4 Å². The molecule has 0 spiro atoms. The summed E-state index contributed by atoms with van der Waals surface area (Å²) < 4.78 is 51.3. The first-order chi connectivity index (χ1) is 19.8. The van der Waals surface area contributed by atoms with Crippen molar-refractivity contribution in [2.45, 2.75) is 45.1 Å². The van der Waals surface area contributed by atoms with E-state index in [0.29, 0.717) is 11.6 Å². The zero-order valence-corrected chi connectivity index (χ0v) is 22.6. The maximum absolute atomic E-state index is 13.3. The van der Waals surface area contributed by atoms with Crippen LogP contribution in [0.1, 0.15) is 31.5 Å². The third kappa shape index (κ3) is 9.08. The van der Waals surface area contributed by atoms with Gasteiger partial charge in [-0.05, 0) is 23.6 Å². The summed E-state index contributed by atoms with van der Waals surface area (Å²) >= 11 is 0. The molecular weight excluding hydrogens is 561 g/mol. The number of aromatic nitrogens is 2. The Bertz CT molecular complexity index is 1380. The van der Waals surface area contributed by atoms with Crippen LogP contribution in [0.4, 0.5) is 18.0 Å². The number of benzene rings is 2. The van der Waals surface area contributed by atoms with E-state index in [1.807, 2.05) is 0 Å². The molecule has 2 atom stereocenters. The summed E-state index contributed by atoms with van der Waals surface area (Å²) in [4.78, 5) is 49.7. The molecule has 1 heterocycles. The maximum Gasteiger partial charge on any atom is 0.435 e. The van der Waals surface area contributed by atoms with Crippen LogP contribution in [0.3, 0.4) is 0 Å². The minimum atomic E-state index is -4.80. The highest BCUT2D eigenvalue weighted by atomic mass is 19.4. The maximum atomic E-state index is 13.3. The van der Waals surface area contributed by atoms with Crippen LogP contribution in [-0.4, -0.2) is 57.3 Å². The topological polar surface area (TPSA) is 149 Å². The lowest BCUT2D eigenvalue weighted by Gasteiger charge is -2.24. The molecular formula is C28H29F3N4O7. The van der Waals surface area contributed by atoms with E-state index >= 15 is 0 Å². The largest absolute Gasteiger partial charge is 0.481 e. The number of nitrogens with zero attached hydrogens (tertiary/aromatic N) is 2. The minimum absolute atomic E-state index is 0.0633. The first kappa shape index (κ1) is 31.6. The molecule has 0 radical (unpaired) electrons. The highest BCUT2D eigenvalue weighted by Crippen LogP contribution is 2.32. The van der Waals surface area contributed by atoms with Gasteiger partial charge in [0.15, 0.2) is 18.1 Å². The van der Waals surface area contributed by atoms with Gasteiger partial charge in [-0.15, -0.1) is 0 Å². The van der Waals surface area contributed by atoms with Crippen LogP contribution in [0.15, 0.2) is 66.7 Å². The Balaban J connectivity index is 1.70. The molecule has 0 saturated carbocycles. The molecule has 0 aliphatic rings. The number of alkyl carbamates (subject to hydrolysis) is 1. The van der Waals surface area contributed by atoms with Crippen molar-refractivity contribution in [3.05, 3.63) is 78.0 Å². The van der Waals surface area contributed by atoms with Crippen LogP contribution in [-0.2, 0) is 31.9 Å². The lowest BCUT2D eigenvalue weighted by atomic mass is 10.0. The molecule has 2 aromatic carbocycles. The third-order valence-corrected chi connectivity index (χ3v) is 5.85. The minimum Gasteiger partial charge on any atom is -0.481 e. The van der Waals surface area contributed by atoms with Gasteiger partial charge in [0.1, 0.15) is 18.7 Å². The average molecular weight is 591 g/mol. The van der Waals surface area contributed by atoms with Crippen molar-refractivity contribution in [2.24, 2.45) is 5.92 Å². The number of para-hydroxylation sites is 1. The zero-order valence-electron chi connectivity index (χ0n) is 22.6. The summed E-state index contributed by atoms with van der Waals surface area (Å²) in [6, 6.07) is 14.3. The number of aliphatic carboxylic acids is 1. The third-order valence-electron chi connectivity index (χ3n) is 5.85. The first-order valence-corrected chi connectivity index (χ1v) is 12.7. The standard InChI is InChI=1S/C28H29F3N4O7/c1-17(2)25(33-27(40)42-15-18-9-5-3-6-10-18)26(39)32-20(13-24(37)38)21(36)16-41-23-14-22(28(29,30)31)34-35(23)19-11-7-4-8-12-19/h3-12,14,17,20,25H,13,15-16H2,1-2H3,(H,32,39)(H,33,40)(H,37,38)/t20-,25+/m0/s1. The molecule has 0 fully saturated rings. The molecule has 0 unspecified atom stereocenters. The van der Waals surface area contributed by atoms with Crippen molar-refractivity contribution >= 4 is 23.8 Å². The van der Waals surface area contributed by atoms with Crippen molar-refractivity contribution in [1.29, 1.82) is 0 Å². The second-order valence-corrected chi connectivity index (χ2v) is 9.45. The molecule has 3 aromatic rings. The smallest absolute Gasteiger partial charge is 0.435 e.